The van der Waals surface area contributed by atoms with Gasteiger partial charge in [0.15, 0.2) is 0 Å². The second-order valence-corrected chi connectivity index (χ2v) is 2.13. The van der Waals surface area contributed by atoms with E-state index in [4.69, 9.17) is 0 Å². The van der Waals surface area contributed by atoms with Crippen LogP contribution in [0, 0.1) is 0 Å². The third-order valence-corrected chi connectivity index (χ3v) is 0.706. The molecule has 0 bridgehead atoms. The average Bonchev–Trinajstić information content (AvgIpc) is 1.59. The Morgan fingerprint density at radius 3 is 1.90 bits per heavy atom. The number of phosphoric ester groups is 1. The number of phosphoric acid groups is 1. The maximum Gasteiger partial charge on any atom is 1.00 e. The fourth-order valence-electron chi connectivity index (χ4n) is 0.135. The third-order valence-electron chi connectivity index (χ3n) is 0.326. The van der Waals surface area contributed by atoms with Crippen molar-refractivity contribution in [2.75, 3.05) is 0 Å². The molecule has 0 saturated heterocycles. The molecule has 7 heteroatoms. The molecule has 0 aliphatic heterocycles. The minimum Gasteiger partial charge on any atom is -0.780 e. The first-order valence-corrected chi connectivity index (χ1v) is 3.34. The Labute approximate surface area is 83.6 Å². The van der Waals surface area contributed by atoms with Crippen molar-refractivity contribution in [3.05, 3.63) is 12.3 Å². The Balaban J connectivity index is -0.000000245. The molecule has 0 spiro atoms. The standard InChI is InChI=1S/C3H7O4P.2Li/c1-2-3-7-8(4,5)6;;/h2-3H,1H3,(H2,4,5,6);;/q;2*+1/p-2/b3-2-;;. The van der Waals surface area contributed by atoms with Crippen LogP contribution in [0.5, 0.6) is 0 Å². The summed E-state index contributed by atoms with van der Waals surface area (Å²) in [4.78, 5) is 19.2. The topological polar surface area (TPSA) is 72.4 Å². The molecule has 0 atom stereocenters. The Kier molecular flexibility index (Phi) is 13.7. The van der Waals surface area contributed by atoms with E-state index < -0.39 is 7.82 Å². The molecule has 0 N–H and O–H groups in total. The molecule has 0 radical (unpaired) electrons. The van der Waals surface area contributed by atoms with Crippen molar-refractivity contribution in [2.24, 2.45) is 0 Å². The van der Waals surface area contributed by atoms with Crippen LogP contribution < -0.4 is 47.5 Å². The summed E-state index contributed by atoms with van der Waals surface area (Å²) in [6, 6.07) is 0. The van der Waals surface area contributed by atoms with E-state index in [0.29, 0.717) is 0 Å². The molecule has 0 saturated carbocycles. The molecule has 0 aromatic rings. The molecule has 0 aromatic carbocycles. The molecule has 0 amide bonds. The summed E-state index contributed by atoms with van der Waals surface area (Å²) >= 11 is 0. The van der Waals surface area contributed by atoms with Crippen molar-refractivity contribution < 1.29 is 56.6 Å². The zero-order chi connectivity index (χ0) is 6.62. The maximum atomic E-state index is 9.59. The number of hydrogen-bond acceptors (Lipinski definition) is 4. The summed E-state index contributed by atoms with van der Waals surface area (Å²) in [6.07, 6.45) is 2.13. The van der Waals surface area contributed by atoms with Gasteiger partial charge in [0.1, 0.15) is 7.82 Å². The fraction of sp³-hybridized carbons (Fsp3) is 0.333. The number of hydrogen-bond donors (Lipinski definition) is 0. The Hall–Kier alpha value is 0.885. The van der Waals surface area contributed by atoms with Gasteiger partial charge in [-0.2, -0.15) is 0 Å². The van der Waals surface area contributed by atoms with E-state index >= 15 is 0 Å². The van der Waals surface area contributed by atoms with Crippen molar-refractivity contribution in [3.63, 3.8) is 0 Å². The zero-order valence-corrected chi connectivity index (χ0v) is 7.13. The van der Waals surface area contributed by atoms with Crippen LogP contribution in [0.3, 0.4) is 0 Å². The van der Waals surface area contributed by atoms with Crippen LogP contribution in [0.25, 0.3) is 0 Å². The first-order chi connectivity index (χ1) is 3.56. The fourth-order valence-corrected chi connectivity index (χ4v) is 0.406. The molecule has 4 nitrogen and oxygen atoms in total. The molecular formula is C3H5Li2O4P. The molecule has 0 aliphatic rings. The van der Waals surface area contributed by atoms with E-state index in [-0.39, 0.29) is 37.7 Å². The predicted octanol–water partition coefficient (Wildman–Crippen LogP) is -6.63. The quantitative estimate of drug-likeness (QED) is 0.223. The van der Waals surface area contributed by atoms with Gasteiger partial charge in [0.2, 0.25) is 0 Å². The minimum absolute atomic E-state index is 0. The molecule has 0 fully saturated rings. The van der Waals surface area contributed by atoms with Gasteiger partial charge >= 0.3 is 37.7 Å². The van der Waals surface area contributed by atoms with Gasteiger partial charge in [0.05, 0.1) is 6.26 Å². The summed E-state index contributed by atoms with van der Waals surface area (Å²) in [5.74, 6) is 0. The molecular weight excluding hydrogens is 145 g/mol. The van der Waals surface area contributed by atoms with Crippen molar-refractivity contribution in [1.82, 2.24) is 0 Å². The number of allylic oxidation sites excluding steroid dienone is 1. The van der Waals surface area contributed by atoms with Crippen molar-refractivity contribution in [2.45, 2.75) is 6.92 Å². The molecule has 48 valence electrons. The van der Waals surface area contributed by atoms with E-state index in [1.54, 1.807) is 0 Å². The van der Waals surface area contributed by atoms with E-state index in [0.717, 1.165) is 6.26 Å². The van der Waals surface area contributed by atoms with Gasteiger partial charge < -0.3 is 18.9 Å². The second-order valence-electron chi connectivity index (χ2n) is 1.02. The van der Waals surface area contributed by atoms with Crippen molar-refractivity contribution >= 4 is 7.82 Å². The normalized spacial score (nSPS) is 9.90. The molecule has 0 aliphatic carbocycles. The second kappa shape index (κ2) is 7.99. The van der Waals surface area contributed by atoms with Crippen molar-refractivity contribution in [1.29, 1.82) is 0 Å². The first kappa shape index (κ1) is 17.1. The van der Waals surface area contributed by atoms with Crippen LogP contribution in [0.4, 0.5) is 0 Å². The van der Waals surface area contributed by atoms with E-state index in [1.165, 1.54) is 13.0 Å². The van der Waals surface area contributed by atoms with Gasteiger partial charge in [-0.3, -0.25) is 0 Å². The van der Waals surface area contributed by atoms with Crippen LogP contribution in [0.2, 0.25) is 0 Å². The smallest absolute Gasteiger partial charge is 0.780 e. The maximum absolute atomic E-state index is 9.59. The van der Waals surface area contributed by atoms with E-state index in [9.17, 15) is 14.4 Å². The Morgan fingerprint density at radius 2 is 1.80 bits per heavy atom. The molecule has 0 rings (SSSR count). The third kappa shape index (κ3) is 16.0. The van der Waals surface area contributed by atoms with Crippen LogP contribution >= 0.6 is 7.82 Å². The first-order valence-electron chi connectivity index (χ1n) is 1.88. The molecule has 0 aromatic heterocycles. The SMILES string of the molecule is C/C=C\OP(=O)([O-])[O-].[Li+].[Li+]. The summed E-state index contributed by atoms with van der Waals surface area (Å²) in [6.45, 7) is 1.54. The Bertz CT molecular complexity index is 130. The summed E-state index contributed by atoms with van der Waals surface area (Å²) in [5.41, 5.74) is 0. The van der Waals surface area contributed by atoms with Crippen LogP contribution in [0.1, 0.15) is 6.92 Å². The van der Waals surface area contributed by atoms with Gasteiger partial charge in [0.25, 0.3) is 0 Å². The summed E-state index contributed by atoms with van der Waals surface area (Å²) < 4.78 is 13.2. The molecule has 10 heavy (non-hydrogen) atoms. The minimum atomic E-state index is -4.77. The van der Waals surface area contributed by atoms with Crippen LogP contribution in [0.15, 0.2) is 12.3 Å². The van der Waals surface area contributed by atoms with E-state index in [2.05, 4.69) is 4.52 Å². The van der Waals surface area contributed by atoms with Gasteiger partial charge in [0, 0.05) is 0 Å². The van der Waals surface area contributed by atoms with Gasteiger partial charge in [-0.05, 0) is 6.92 Å². The van der Waals surface area contributed by atoms with Gasteiger partial charge in [-0.15, -0.1) is 0 Å². The summed E-state index contributed by atoms with van der Waals surface area (Å²) in [5, 5.41) is 0. The molecule has 0 heterocycles. The predicted molar refractivity (Wildman–Crippen MR) is 23.5 cm³/mol. The van der Waals surface area contributed by atoms with E-state index in [1.807, 2.05) is 0 Å². The summed E-state index contributed by atoms with van der Waals surface area (Å²) in [7, 11) is -4.77. The zero-order valence-electron chi connectivity index (χ0n) is 6.23. The molecule has 0 unspecified atom stereocenters. The average molecular weight is 150 g/mol. The van der Waals surface area contributed by atoms with Crippen molar-refractivity contribution in [3.8, 4) is 0 Å². The Morgan fingerprint density at radius 1 is 1.40 bits per heavy atom. The largest absolute Gasteiger partial charge is 1.00 e. The van der Waals surface area contributed by atoms with Gasteiger partial charge in [-0.25, -0.2) is 0 Å². The van der Waals surface area contributed by atoms with Crippen LogP contribution in [-0.4, -0.2) is 0 Å². The number of rotatable bonds is 2. The van der Waals surface area contributed by atoms with Crippen LogP contribution in [-0.2, 0) is 9.09 Å². The monoisotopic (exact) mass is 150 g/mol. The van der Waals surface area contributed by atoms with Gasteiger partial charge in [-0.1, -0.05) is 6.08 Å².